The minimum Gasteiger partial charge on any atom is -0.497 e. The monoisotopic (exact) mass is 639 g/mol. The molecule has 2 amide bonds. The maximum atomic E-state index is 13.4. The van der Waals surface area contributed by atoms with Crippen molar-refractivity contribution in [3.05, 3.63) is 40.3 Å². The fourth-order valence-electron chi connectivity index (χ4n) is 4.38. The van der Waals surface area contributed by atoms with E-state index in [-0.39, 0.29) is 32.0 Å². The van der Waals surface area contributed by atoms with Crippen LogP contribution in [0.4, 0.5) is 0 Å². The van der Waals surface area contributed by atoms with Crippen molar-refractivity contribution < 1.29 is 63.2 Å². The fourth-order valence-corrected chi connectivity index (χ4v) is 4.38. The van der Waals surface area contributed by atoms with Gasteiger partial charge < -0.3 is 59.5 Å². The number of nitrogens with zero attached hydrogens (tertiary/aromatic N) is 3. The van der Waals surface area contributed by atoms with Gasteiger partial charge in [0.15, 0.2) is 0 Å². The SMILES string of the molecule is C#CCOCCOCCO[C@@]1(C(=O)OC)O[C@@H]([C@H](O)[C@H](O)CN=[N+]=[N-])[C@H](NC(=O)CO)[C@@H](NC(=O)c2cccc(OC)c2)[C@@H]1O. The molecule has 1 heterocycles. The quantitative estimate of drug-likeness (QED) is 0.0245. The van der Waals surface area contributed by atoms with Crippen LogP contribution in [0, 0.1) is 12.3 Å². The number of ether oxygens (including phenoxy) is 6. The molecule has 0 bridgehead atoms. The highest BCUT2D eigenvalue weighted by atomic mass is 16.7. The molecule has 1 aromatic rings. The number of carbonyl (C=O) groups is 3. The van der Waals surface area contributed by atoms with Crippen LogP contribution in [0.1, 0.15) is 10.4 Å². The normalized spacial score (nSPS) is 23.8. The Morgan fingerprint density at radius 2 is 1.87 bits per heavy atom. The molecule has 18 heteroatoms. The van der Waals surface area contributed by atoms with Crippen molar-refractivity contribution in [1.82, 2.24) is 10.6 Å². The van der Waals surface area contributed by atoms with E-state index in [1.807, 2.05) is 0 Å². The van der Waals surface area contributed by atoms with Gasteiger partial charge in [-0.2, -0.15) is 0 Å². The number of aliphatic hydroxyl groups is 4. The van der Waals surface area contributed by atoms with E-state index in [4.69, 9.17) is 40.4 Å². The summed E-state index contributed by atoms with van der Waals surface area (Å²) in [6.07, 6.45) is -2.79. The summed E-state index contributed by atoms with van der Waals surface area (Å²) >= 11 is 0. The maximum absolute atomic E-state index is 13.4. The Bertz CT molecular complexity index is 1220. The van der Waals surface area contributed by atoms with Crippen LogP contribution in [0.5, 0.6) is 5.75 Å². The van der Waals surface area contributed by atoms with E-state index in [0.717, 1.165) is 7.11 Å². The van der Waals surface area contributed by atoms with Crippen LogP contribution in [0.25, 0.3) is 10.4 Å². The third-order valence-electron chi connectivity index (χ3n) is 6.52. The number of rotatable bonds is 18. The van der Waals surface area contributed by atoms with E-state index >= 15 is 0 Å². The number of amides is 2. The first kappa shape index (κ1) is 37.2. The summed E-state index contributed by atoms with van der Waals surface area (Å²) in [5.41, 5.74) is 8.70. The summed E-state index contributed by atoms with van der Waals surface area (Å²) in [7, 11) is 2.33. The molecule has 1 aliphatic rings. The molecule has 2 rings (SSSR count). The number of nitrogens with one attached hydrogen (secondary N) is 2. The molecule has 0 aliphatic carbocycles. The molecule has 0 radical (unpaired) electrons. The van der Waals surface area contributed by atoms with E-state index in [0.29, 0.717) is 5.75 Å². The number of hydrogen-bond acceptors (Lipinski definition) is 14. The molecule has 0 aromatic heterocycles. The lowest BCUT2D eigenvalue weighted by Gasteiger charge is -2.51. The number of methoxy groups -OCH3 is 2. The molecular weight excluding hydrogens is 602 g/mol. The van der Waals surface area contributed by atoms with Gasteiger partial charge in [-0.15, -0.1) is 6.42 Å². The van der Waals surface area contributed by atoms with Crippen molar-refractivity contribution in [2.75, 3.05) is 60.4 Å². The van der Waals surface area contributed by atoms with Crippen LogP contribution >= 0.6 is 0 Å². The smallest absolute Gasteiger partial charge is 0.369 e. The molecule has 0 spiro atoms. The molecule has 1 aromatic carbocycles. The number of terminal acetylenes is 1. The zero-order chi connectivity index (χ0) is 33.4. The Morgan fingerprint density at radius 3 is 2.51 bits per heavy atom. The second-order valence-electron chi connectivity index (χ2n) is 9.36. The van der Waals surface area contributed by atoms with Gasteiger partial charge in [0.2, 0.25) is 5.91 Å². The average Bonchev–Trinajstić information content (AvgIpc) is 3.06. The van der Waals surface area contributed by atoms with Crippen molar-refractivity contribution in [1.29, 1.82) is 0 Å². The Kier molecular flexibility index (Phi) is 15.5. The van der Waals surface area contributed by atoms with Gasteiger partial charge >= 0.3 is 5.97 Å². The van der Waals surface area contributed by atoms with Gasteiger partial charge in [-0.1, -0.05) is 17.1 Å². The highest BCUT2D eigenvalue weighted by Gasteiger charge is 2.63. The van der Waals surface area contributed by atoms with Gasteiger partial charge in [0.25, 0.3) is 11.7 Å². The van der Waals surface area contributed by atoms with Crippen molar-refractivity contribution in [2.24, 2.45) is 5.11 Å². The molecule has 1 fully saturated rings. The molecule has 0 unspecified atom stereocenters. The summed E-state index contributed by atoms with van der Waals surface area (Å²) in [5, 5.41) is 50.7. The van der Waals surface area contributed by atoms with E-state index in [2.05, 4.69) is 26.6 Å². The minimum absolute atomic E-state index is 0.0332. The third kappa shape index (κ3) is 9.99. The maximum Gasteiger partial charge on any atom is 0.369 e. The zero-order valence-corrected chi connectivity index (χ0v) is 24.6. The van der Waals surface area contributed by atoms with Gasteiger partial charge in [-0.05, 0) is 23.7 Å². The predicted octanol–water partition coefficient (Wildman–Crippen LogP) is -2.39. The second-order valence-corrected chi connectivity index (χ2v) is 9.36. The molecule has 18 nitrogen and oxygen atoms in total. The number of carbonyl (C=O) groups excluding carboxylic acids is 3. The van der Waals surface area contributed by atoms with E-state index in [1.54, 1.807) is 6.07 Å². The first-order valence-corrected chi connectivity index (χ1v) is 13.5. The first-order chi connectivity index (χ1) is 21.6. The van der Waals surface area contributed by atoms with E-state index < -0.39 is 79.8 Å². The molecule has 45 heavy (non-hydrogen) atoms. The molecule has 1 aliphatic heterocycles. The fraction of sp³-hybridized carbons (Fsp3) is 0.593. The number of esters is 1. The Hall–Kier alpha value is -4.02. The van der Waals surface area contributed by atoms with Crippen LogP contribution in [0.3, 0.4) is 0 Å². The van der Waals surface area contributed by atoms with Gasteiger partial charge in [-0.3, -0.25) is 9.59 Å². The first-order valence-electron chi connectivity index (χ1n) is 13.5. The predicted molar refractivity (Wildman–Crippen MR) is 151 cm³/mol. The summed E-state index contributed by atoms with van der Waals surface area (Å²) in [6, 6.07) is 2.52. The Balaban J connectivity index is 2.54. The topological polar surface area (TPSA) is 260 Å². The summed E-state index contributed by atoms with van der Waals surface area (Å²) in [4.78, 5) is 41.5. The largest absolute Gasteiger partial charge is 0.497 e. The number of aliphatic hydroxyl groups excluding tert-OH is 4. The van der Waals surface area contributed by atoms with Gasteiger partial charge in [0.05, 0.1) is 65.4 Å². The standard InChI is InChI=1S/C27H37N5O13/c1-4-8-42-9-10-43-11-12-44-27(26(39)41-3)24(37)21(31-25(38)16-6-5-7-17(13-16)40-2)20(30-19(35)15-33)23(45-27)22(36)18(34)14-29-32-28/h1,5-7,13,18,20-24,33-34,36-37H,8-12,14-15H2,2-3H3,(H,30,35)(H,31,38)/t18-,20-,21-,22-,23-,24+,27-/m1/s1. The van der Waals surface area contributed by atoms with E-state index in [9.17, 15) is 34.8 Å². The lowest BCUT2D eigenvalue weighted by molar-refractivity contribution is -0.335. The Morgan fingerprint density at radius 1 is 1.16 bits per heavy atom. The van der Waals surface area contributed by atoms with Gasteiger partial charge in [0.1, 0.15) is 37.3 Å². The molecule has 1 saturated heterocycles. The lowest BCUT2D eigenvalue weighted by atomic mass is 9.84. The number of hydrogen-bond donors (Lipinski definition) is 6. The molecular formula is C27H37N5O13. The van der Waals surface area contributed by atoms with Crippen molar-refractivity contribution in [3.8, 4) is 18.1 Å². The number of benzene rings is 1. The lowest BCUT2D eigenvalue weighted by Crippen LogP contribution is -2.77. The third-order valence-corrected chi connectivity index (χ3v) is 6.52. The van der Waals surface area contributed by atoms with Crippen LogP contribution < -0.4 is 15.4 Å². The van der Waals surface area contributed by atoms with E-state index in [1.165, 1.54) is 25.3 Å². The van der Waals surface area contributed by atoms with Gasteiger partial charge in [-0.25, -0.2) is 4.79 Å². The molecule has 7 atom stereocenters. The molecule has 248 valence electrons. The minimum atomic E-state index is -2.78. The zero-order valence-electron chi connectivity index (χ0n) is 24.6. The van der Waals surface area contributed by atoms with Crippen LogP contribution in [-0.2, 0) is 33.3 Å². The second kappa shape index (κ2) is 18.7. The van der Waals surface area contributed by atoms with Gasteiger partial charge in [0, 0.05) is 10.5 Å². The molecule has 6 N–H and O–H groups in total. The highest BCUT2D eigenvalue weighted by molar-refractivity contribution is 5.95. The van der Waals surface area contributed by atoms with Crippen molar-refractivity contribution in [3.63, 3.8) is 0 Å². The highest BCUT2D eigenvalue weighted by Crippen LogP contribution is 2.35. The molecule has 0 saturated carbocycles. The van der Waals surface area contributed by atoms with Crippen LogP contribution in [0.2, 0.25) is 0 Å². The summed E-state index contributed by atoms with van der Waals surface area (Å²) in [5.74, 6) is -3.37. The van der Waals surface area contributed by atoms with Crippen LogP contribution in [0.15, 0.2) is 29.4 Å². The van der Waals surface area contributed by atoms with Crippen molar-refractivity contribution in [2.45, 2.75) is 42.3 Å². The average molecular weight is 640 g/mol. The Labute approximate surface area is 258 Å². The van der Waals surface area contributed by atoms with Crippen LogP contribution in [-0.4, -0.2) is 141 Å². The number of azide groups is 1. The summed E-state index contributed by atoms with van der Waals surface area (Å²) in [6.45, 7) is -2.04. The van der Waals surface area contributed by atoms with Crippen molar-refractivity contribution >= 4 is 17.8 Å². The summed E-state index contributed by atoms with van der Waals surface area (Å²) < 4.78 is 32.0.